The van der Waals surface area contributed by atoms with Crippen molar-refractivity contribution in [2.24, 2.45) is 5.73 Å². The van der Waals surface area contributed by atoms with Gasteiger partial charge in [0.05, 0.1) is 0 Å². The van der Waals surface area contributed by atoms with Gasteiger partial charge < -0.3 is 15.2 Å². The minimum Gasteiger partial charge on any atom is -0.337 e. The average molecular weight is 374 g/mol. The highest BCUT2D eigenvalue weighted by atomic mass is 19.1. The summed E-state index contributed by atoms with van der Waals surface area (Å²) >= 11 is 0. The van der Waals surface area contributed by atoms with Crippen molar-refractivity contribution in [3.05, 3.63) is 47.4 Å². The lowest BCUT2D eigenvalue weighted by atomic mass is 9.96. The first-order valence-electron chi connectivity index (χ1n) is 9.38. The van der Waals surface area contributed by atoms with Crippen LogP contribution in [0, 0.1) is 5.82 Å². The van der Waals surface area contributed by atoms with E-state index in [1.165, 1.54) is 6.07 Å². The maximum atomic E-state index is 13.8. The molecule has 1 saturated heterocycles. The molecule has 2 heterocycles. The summed E-state index contributed by atoms with van der Waals surface area (Å²) in [5, 5.41) is 4.06. The molecule has 0 radical (unpaired) electrons. The Kier molecular flexibility index (Phi) is 5.60. The van der Waals surface area contributed by atoms with E-state index in [0.717, 1.165) is 12.8 Å². The first kappa shape index (κ1) is 19.5. The van der Waals surface area contributed by atoms with Crippen molar-refractivity contribution >= 4 is 5.91 Å². The van der Waals surface area contributed by atoms with Gasteiger partial charge >= 0.3 is 0 Å². The number of hydrogen-bond donors (Lipinski definition) is 1. The minimum atomic E-state index is -0.441. The normalized spacial score (nSPS) is 18.7. The number of hydrogen-bond acceptors (Lipinski definition) is 5. The Labute approximate surface area is 158 Å². The Balaban J connectivity index is 1.65. The molecule has 2 aromatic rings. The summed E-state index contributed by atoms with van der Waals surface area (Å²) in [4.78, 5) is 19.0. The Bertz CT molecular complexity index is 799. The molecule has 1 aromatic heterocycles. The molecule has 7 heteroatoms. The second-order valence-electron chi connectivity index (χ2n) is 8.21. The fraction of sp³-hybridized carbons (Fsp3) is 0.550. The van der Waals surface area contributed by atoms with Crippen molar-refractivity contribution in [2.45, 2.75) is 64.0 Å². The summed E-state index contributed by atoms with van der Waals surface area (Å²) in [7, 11) is 0. The Hall–Kier alpha value is -2.28. The largest absolute Gasteiger partial charge is 0.337 e. The highest BCUT2D eigenvalue weighted by Crippen LogP contribution is 2.33. The molecular weight excluding hydrogens is 347 g/mol. The summed E-state index contributed by atoms with van der Waals surface area (Å²) in [6, 6.07) is 5.87. The molecule has 1 aliphatic heterocycles. The molecule has 1 fully saturated rings. The maximum absolute atomic E-state index is 13.8. The van der Waals surface area contributed by atoms with Crippen LogP contribution in [0.1, 0.15) is 63.4 Å². The first-order valence-corrected chi connectivity index (χ1v) is 9.38. The third-order valence-electron chi connectivity index (χ3n) is 4.85. The van der Waals surface area contributed by atoms with Gasteiger partial charge in [-0.2, -0.15) is 4.98 Å². The van der Waals surface area contributed by atoms with E-state index in [4.69, 9.17) is 10.3 Å². The molecule has 0 aliphatic carbocycles. The quantitative estimate of drug-likeness (QED) is 0.869. The highest BCUT2D eigenvalue weighted by Gasteiger charge is 2.35. The van der Waals surface area contributed by atoms with Crippen LogP contribution in [0.15, 0.2) is 28.8 Å². The van der Waals surface area contributed by atoms with Gasteiger partial charge in [-0.05, 0) is 30.9 Å². The number of halogens is 1. The molecule has 0 unspecified atom stereocenters. The molecule has 6 nitrogen and oxygen atoms in total. The molecule has 27 heavy (non-hydrogen) atoms. The topological polar surface area (TPSA) is 85.2 Å². The standard InChI is InChI=1S/C20H27FN4O2/c1-20(2,3)19-23-18(27-24-19)16-9-6-10-25(16)17(26)12-14(22)11-13-7-4-5-8-15(13)21/h4-5,7-8,14,16H,6,9-12,22H2,1-3H3/t14-,16+/m1/s1. The molecule has 2 atom stereocenters. The van der Waals surface area contributed by atoms with Gasteiger partial charge in [-0.15, -0.1) is 0 Å². The van der Waals surface area contributed by atoms with Gasteiger partial charge in [-0.3, -0.25) is 4.79 Å². The summed E-state index contributed by atoms with van der Waals surface area (Å²) in [6.45, 7) is 6.69. The molecule has 0 saturated carbocycles. The van der Waals surface area contributed by atoms with Crippen LogP contribution < -0.4 is 5.73 Å². The highest BCUT2D eigenvalue weighted by molar-refractivity contribution is 5.77. The smallest absolute Gasteiger partial charge is 0.249 e. The second-order valence-corrected chi connectivity index (χ2v) is 8.21. The number of nitrogens with zero attached hydrogens (tertiary/aromatic N) is 3. The average Bonchev–Trinajstić information content (AvgIpc) is 3.25. The summed E-state index contributed by atoms with van der Waals surface area (Å²) < 4.78 is 19.2. The van der Waals surface area contributed by atoms with Crippen LogP contribution in [0.3, 0.4) is 0 Å². The Morgan fingerprint density at radius 1 is 1.41 bits per heavy atom. The maximum Gasteiger partial charge on any atom is 0.249 e. The summed E-state index contributed by atoms with van der Waals surface area (Å²) in [6.07, 6.45) is 2.16. The zero-order chi connectivity index (χ0) is 19.6. The Morgan fingerprint density at radius 2 is 2.15 bits per heavy atom. The third-order valence-corrected chi connectivity index (χ3v) is 4.85. The number of aromatic nitrogens is 2. The van der Waals surface area contributed by atoms with Crippen molar-refractivity contribution in [1.29, 1.82) is 0 Å². The van der Waals surface area contributed by atoms with Gasteiger partial charge in [0.15, 0.2) is 5.82 Å². The second kappa shape index (κ2) is 7.76. The zero-order valence-electron chi connectivity index (χ0n) is 16.1. The Morgan fingerprint density at radius 3 is 2.81 bits per heavy atom. The van der Waals surface area contributed by atoms with Crippen LogP contribution in [0.5, 0.6) is 0 Å². The summed E-state index contributed by atoms with van der Waals surface area (Å²) in [5.74, 6) is 0.762. The molecule has 1 aromatic carbocycles. The van der Waals surface area contributed by atoms with Gasteiger partial charge in [-0.25, -0.2) is 4.39 Å². The van der Waals surface area contributed by atoms with Gasteiger partial charge in [-0.1, -0.05) is 44.1 Å². The molecule has 3 rings (SSSR count). The van der Waals surface area contributed by atoms with E-state index in [9.17, 15) is 9.18 Å². The van der Waals surface area contributed by atoms with Crippen LogP contribution in [0.2, 0.25) is 0 Å². The molecule has 146 valence electrons. The lowest BCUT2D eigenvalue weighted by Gasteiger charge is -2.23. The monoisotopic (exact) mass is 374 g/mol. The van der Waals surface area contributed by atoms with E-state index in [1.807, 2.05) is 20.8 Å². The van der Waals surface area contributed by atoms with E-state index in [1.54, 1.807) is 23.1 Å². The van der Waals surface area contributed by atoms with Crippen molar-refractivity contribution < 1.29 is 13.7 Å². The van der Waals surface area contributed by atoms with Crippen molar-refractivity contribution in [2.75, 3.05) is 6.54 Å². The molecule has 2 N–H and O–H groups in total. The summed E-state index contributed by atoms with van der Waals surface area (Å²) in [5.41, 5.74) is 6.44. The van der Waals surface area contributed by atoms with E-state index >= 15 is 0 Å². The van der Waals surface area contributed by atoms with Gasteiger partial charge in [0.2, 0.25) is 11.8 Å². The fourth-order valence-electron chi connectivity index (χ4n) is 3.36. The van der Waals surface area contributed by atoms with Crippen molar-refractivity contribution in [1.82, 2.24) is 15.0 Å². The number of benzene rings is 1. The number of nitrogens with two attached hydrogens (primary N) is 1. The molecule has 1 amide bonds. The molecule has 0 spiro atoms. The van der Waals surface area contributed by atoms with Crippen molar-refractivity contribution in [3.8, 4) is 0 Å². The van der Waals surface area contributed by atoms with Crippen LogP contribution in [-0.2, 0) is 16.6 Å². The van der Waals surface area contributed by atoms with E-state index in [0.29, 0.717) is 30.2 Å². The lowest BCUT2D eigenvalue weighted by Crippen LogP contribution is -2.36. The number of carbonyl (C=O) groups is 1. The van der Waals surface area contributed by atoms with E-state index in [-0.39, 0.29) is 29.6 Å². The van der Waals surface area contributed by atoms with Crippen LogP contribution in [0.25, 0.3) is 0 Å². The van der Waals surface area contributed by atoms with Crippen molar-refractivity contribution in [3.63, 3.8) is 0 Å². The van der Waals surface area contributed by atoms with Gasteiger partial charge in [0.1, 0.15) is 11.9 Å². The SMILES string of the molecule is CC(C)(C)c1noc([C@@H]2CCCN2C(=O)C[C@H](N)Cc2ccccc2F)n1. The number of carbonyl (C=O) groups excluding carboxylic acids is 1. The van der Waals surface area contributed by atoms with Crippen LogP contribution >= 0.6 is 0 Å². The number of likely N-dealkylation sites (tertiary alicyclic amines) is 1. The van der Waals surface area contributed by atoms with E-state index in [2.05, 4.69) is 10.1 Å². The number of amides is 1. The predicted molar refractivity (Wildman–Crippen MR) is 99.4 cm³/mol. The third kappa shape index (κ3) is 4.53. The van der Waals surface area contributed by atoms with Crippen LogP contribution in [0.4, 0.5) is 4.39 Å². The molecule has 0 bridgehead atoms. The zero-order valence-corrected chi connectivity index (χ0v) is 16.1. The first-order chi connectivity index (χ1) is 12.8. The van der Waals surface area contributed by atoms with E-state index < -0.39 is 6.04 Å². The predicted octanol–water partition coefficient (Wildman–Crippen LogP) is 3.13. The van der Waals surface area contributed by atoms with Crippen LogP contribution in [-0.4, -0.2) is 33.5 Å². The lowest BCUT2D eigenvalue weighted by molar-refractivity contribution is -0.132. The van der Waals surface area contributed by atoms with Gasteiger partial charge in [0, 0.05) is 24.4 Å². The fourth-order valence-corrected chi connectivity index (χ4v) is 3.36. The number of rotatable bonds is 5. The molecular formula is C20H27FN4O2. The minimum absolute atomic E-state index is 0.0585. The molecule has 1 aliphatic rings. The van der Waals surface area contributed by atoms with Gasteiger partial charge in [0.25, 0.3) is 0 Å².